The fourth-order valence-electron chi connectivity index (χ4n) is 2.76. The van der Waals surface area contributed by atoms with Gasteiger partial charge in [-0.05, 0) is 37.6 Å². The number of nitrogens with two attached hydrogens (primary N) is 1. The van der Waals surface area contributed by atoms with Gasteiger partial charge in [0.1, 0.15) is 0 Å². The van der Waals surface area contributed by atoms with Gasteiger partial charge in [0.05, 0.1) is 0 Å². The maximum Gasteiger partial charge on any atom is 0.0459 e. The van der Waals surface area contributed by atoms with Gasteiger partial charge in [0, 0.05) is 38.8 Å². The lowest BCUT2D eigenvalue weighted by Gasteiger charge is -2.14. The Hall–Kier alpha value is -1.58. The standard InChI is InChI=1S/C16H18N2S/c1-10-7-8-15(19-10)13(9-17)16-11(2)18-14-6-4-3-5-12(14)16/h3-8,13,18H,9,17H2,1-2H3. The first kappa shape index (κ1) is 12.5. The molecule has 0 saturated heterocycles. The summed E-state index contributed by atoms with van der Waals surface area (Å²) in [5, 5.41) is 1.29. The zero-order valence-corrected chi connectivity index (χ0v) is 12.1. The van der Waals surface area contributed by atoms with Crippen molar-refractivity contribution in [3.63, 3.8) is 0 Å². The number of hydrogen-bond donors (Lipinski definition) is 2. The number of hydrogen-bond acceptors (Lipinski definition) is 2. The molecule has 0 spiro atoms. The first-order valence-corrected chi connectivity index (χ1v) is 7.36. The van der Waals surface area contributed by atoms with Gasteiger partial charge in [-0.1, -0.05) is 18.2 Å². The van der Waals surface area contributed by atoms with Crippen LogP contribution < -0.4 is 5.73 Å². The van der Waals surface area contributed by atoms with Gasteiger partial charge in [-0.3, -0.25) is 0 Å². The monoisotopic (exact) mass is 270 g/mol. The third-order valence-electron chi connectivity index (χ3n) is 3.63. The van der Waals surface area contributed by atoms with E-state index in [2.05, 4.69) is 55.2 Å². The highest BCUT2D eigenvalue weighted by atomic mass is 32.1. The lowest BCUT2D eigenvalue weighted by molar-refractivity contribution is 0.834. The van der Waals surface area contributed by atoms with Crippen LogP contribution in [-0.4, -0.2) is 11.5 Å². The van der Waals surface area contributed by atoms with E-state index in [1.807, 2.05) is 11.3 Å². The second-order valence-electron chi connectivity index (χ2n) is 4.95. The van der Waals surface area contributed by atoms with Gasteiger partial charge in [-0.15, -0.1) is 11.3 Å². The van der Waals surface area contributed by atoms with Crippen LogP contribution in [-0.2, 0) is 0 Å². The van der Waals surface area contributed by atoms with Crippen LogP contribution in [0.3, 0.4) is 0 Å². The summed E-state index contributed by atoms with van der Waals surface area (Å²) < 4.78 is 0. The summed E-state index contributed by atoms with van der Waals surface area (Å²) in [4.78, 5) is 6.16. The Bertz CT molecular complexity index is 708. The summed E-state index contributed by atoms with van der Waals surface area (Å²) in [6.07, 6.45) is 0. The summed E-state index contributed by atoms with van der Waals surface area (Å²) >= 11 is 1.84. The molecule has 3 rings (SSSR count). The van der Waals surface area contributed by atoms with Gasteiger partial charge in [0.2, 0.25) is 0 Å². The smallest absolute Gasteiger partial charge is 0.0459 e. The largest absolute Gasteiger partial charge is 0.358 e. The average Bonchev–Trinajstić information content (AvgIpc) is 2.96. The number of para-hydroxylation sites is 1. The molecule has 2 heterocycles. The predicted octanol–water partition coefficient (Wildman–Crippen LogP) is 3.94. The Labute approximate surface area is 117 Å². The Morgan fingerprint density at radius 2 is 1.95 bits per heavy atom. The molecule has 0 amide bonds. The van der Waals surface area contributed by atoms with E-state index in [1.165, 1.54) is 31.9 Å². The first-order valence-electron chi connectivity index (χ1n) is 6.54. The molecule has 2 aromatic heterocycles. The second kappa shape index (κ2) is 4.83. The van der Waals surface area contributed by atoms with E-state index in [4.69, 9.17) is 5.73 Å². The average molecular weight is 270 g/mol. The number of aryl methyl sites for hydroxylation is 2. The van der Waals surface area contributed by atoms with Crippen molar-refractivity contribution in [2.45, 2.75) is 19.8 Å². The van der Waals surface area contributed by atoms with Gasteiger partial charge >= 0.3 is 0 Å². The van der Waals surface area contributed by atoms with Gasteiger partial charge in [-0.25, -0.2) is 0 Å². The van der Waals surface area contributed by atoms with Crippen LogP contribution in [0, 0.1) is 13.8 Å². The minimum atomic E-state index is 0.287. The summed E-state index contributed by atoms with van der Waals surface area (Å²) in [6, 6.07) is 12.8. The van der Waals surface area contributed by atoms with Gasteiger partial charge < -0.3 is 10.7 Å². The van der Waals surface area contributed by atoms with Crippen molar-refractivity contribution in [2.24, 2.45) is 5.73 Å². The second-order valence-corrected chi connectivity index (χ2v) is 6.27. The van der Waals surface area contributed by atoms with Crippen LogP contribution in [0.15, 0.2) is 36.4 Å². The van der Waals surface area contributed by atoms with E-state index < -0.39 is 0 Å². The van der Waals surface area contributed by atoms with Crippen molar-refractivity contribution < 1.29 is 0 Å². The molecule has 0 bridgehead atoms. The Balaban J connectivity index is 2.18. The maximum atomic E-state index is 6.06. The molecule has 0 aliphatic heterocycles. The van der Waals surface area contributed by atoms with Crippen LogP contribution >= 0.6 is 11.3 Å². The summed E-state index contributed by atoms with van der Waals surface area (Å²) in [5.41, 5.74) is 9.83. The van der Waals surface area contributed by atoms with E-state index in [9.17, 15) is 0 Å². The molecule has 98 valence electrons. The first-order chi connectivity index (χ1) is 9.20. The SMILES string of the molecule is Cc1ccc(C(CN)c2c(C)[nH]c3ccccc23)s1. The molecule has 3 heteroatoms. The predicted molar refractivity (Wildman–Crippen MR) is 83.0 cm³/mol. The molecular formula is C16H18N2S. The quantitative estimate of drug-likeness (QED) is 0.743. The lowest BCUT2D eigenvalue weighted by Crippen LogP contribution is -2.13. The zero-order chi connectivity index (χ0) is 13.4. The number of aromatic amines is 1. The van der Waals surface area contributed by atoms with E-state index in [0.717, 1.165) is 0 Å². The fourth-order valence-corrected chi connectivity index (χ4v) is 3.76. The molecule has 2 nitrogen and oxygen atoms in total. The number of fused-ring (bicyclic) bond motifs is 1. The van der Waals surface area contributed by atoms with Crippen LogP contribution in [0.5, 0.6) is 0 Å². The normalized spacial score (nSPS) is 13.0. The lowest BCUT2D eigenvalue weighted by atomic mass is 9.94. The molecule has 3 N–H and O–H groups in total. The van der Waals surface area contributed by atoms with Crippen molar-refractivity contribution in [1.29, 1.82) is 0 Å². The third-order valence-corrected chi connectivity index (χ3v) is 4.75. The Morgan fingerprint density at radius 3 is 2.63 bits per heavy atom. The van der Waals surface area contributed by atoms with Gasteiger partial charge in [-0.2, -0.15) is 0 Å². The van der Waals surface area contributed by atoms with Crippen molar-refractivity contribution in [3.8, 4) is 0 Å². The zero-order valence-electron chi connectivity index (χ0n) is 11.2. The number of thiophene rings is 1. The molecule has 0 saturated carbocycles. The fraction of sp³-hybridized carbons (Fsp3) is 0.250. The highest BCUT2D eigenvalue weighted by molar-refractivity contribution is 7.12. The molecule has 1 unspecified atom stereocenters. The highest BCUT2D eigenvalue weighted by Crippen LogP contribution is 2.35. The number of aromatic nitrogens is 1. The molecule has 3 aromatic rings. The molecular weight excluding hydrogens is 252 g/mol. The van der Waals surface area contributed by atoms with Crippen molar-refractivity contribution >= 4 is 22.2 Å². The van der Waals surface area contributed by atoms with Crippen LogP contribution in [0.4, 0.5) is 0 Å². The Kier molecular flexibility index (Phi) is 3.17. The molecule has 19 heavy (non-hydrogen) atoms. The van der Waals surface area contributed by atoms with Gasteiger partial charge in [0.25, 0.3) is 0 Å². The summed E-state index contributed by atoms with van der Waals surface area (Å²) in [7, 11) is 0. The molecule has 0 aliphatic carbocycles. The van der Waals surface area contributed by atoms with Gasteiger partial charge in [0.15, 0.2) is 0 Å². The van der Waals surface area contributed by atoms with Crippen molar-refractivity contribution in [1.82, 2.24) is 4.98 Å². The summed E-state index contributed by atoms with van der Waals surface area (Å²) in [6.45, 7) is 4.92. The van der Waals surface area contributed by atoms with E-state index in [-0.39, 0.29) is 5.92 Å². The topological polar surface area (TPSA) is 41.8 Å². The number of H-pyrrole nitrogens is 1. The number of benzene rings is 1. The molecule has 1 aromatic carbocycles. The molecule has 0 aliphatic rings. The number of rotatable bonds is 3. The maximum absolute atomic E-state index is 6.06. The number of nitrogens with one attached hydrogen (secondary N) is 1. The summed E-state index contributed by atoms with van der Waals surface area (Å²) in [5.74, 6) is 0.287. The van der Waals surface area contributed by atoms with Crippen LogP contribution in [0.25, 0.3) is 10.9 Å². The minimum absolute atomic E-state index is 0.287. The molecule has 1 atom stereocenters. The van der Waals surface area contributed by atoms with Crippen LogP contribution in [0.1, 0.15) is 26.9 Å². The van der Waals surface area contributed by atoms with Crippen molar-refractivity contribution in [2.75, 3.05) is 6.54 Å². The molecule has 0 radical (unpaired) electrons. The van der Waals surface area contributed by atoms with E-state index in [0.29, 0.717) is 6.54 Å². The van der Waals surface area contributed by atoms with E-state index >= 15 is 0 Å². The minimum Gasteiger partial charge on any atom is -0.358 e. The Morgan fingerprint density at radius 1 is 1.16 bits per heavy atom. The van der Waals surface area contributed by atoms with Crippen LogP contribution in [0.2, 0.25) is 0 Å². The molecule has 0 fully saturated rings. The third kappa shape index (κ3) is 2.09. The van der Waals surface area contributed by atoms with Crippen molar-refractivity contribution in [3.05, 3.63) is 57.4 Å². The van der Waals surface area contributed by atoms with E-state index in [1.54, 1.807) is 0 Å². The highest BCUT2D eigenvalue weighted by Gasteiger charge is 2.20.